The molecule has 1 amide bonds. The van der Waals surface area contributed by atoms with Gasteiger partial charge < -0.3 is 11.1 Å². The highest BCUT2D eigenvalue weighted by Crippen LogP contribution is 2.15. The third-order valence-corrected chi connectivity index (χ3v) is 3.29. The quantitative estimate of drug-likeness (QED) is 0.834. The van der Waals surface area contributed by atoms with Gasteiger partial charge in [0.05, 0.1) is 6.04 Å². The Hall–Kier alpha value is -1.87. The average Bonchev–Trinajstić information content (AvgIpc) is 2.43. The third-order valence-electron chi connectivity index (χ3n) is 3.29. The minimum absolute atomic E-state index is 0.239. The summed E-state index contributed by atoms with van der Waals surface area (Å²) in [7, 11) is 0. The van der Waals surface area contributed by atoms with E-state index in [2.05, 4.69) is 35.6 Å². The van der Waals surface area contributed by atoms with Gasteiger partial charge in [0.1, 0.15) is 0 Å². The van der Waals surface area contributed by atoms with Gasteiger partial charge in [0.25, 0.3) is 0 Å². The summed E-state index contributed by atoms with van der Waals surface area (Å²) in [5.41, 5.74) is 6.54. The number of carbonyl (C=O) groups excluding carboxylic acids is 1. The van der Waals surface area contributed by atoms with Gasteiger partial charge in [0.15, 0.2) is 0 Å². The number of nitrogens with one attached hydrogen (secondary N) is 1. The second-order valence-corrected chi connectivity index (χ2v) is 4.81. The number of fused-ring (bicyclic) bond motifs is 1. The Balaban J connectivity index is 2.06. The molecule has 0 saturated heterocycles. The van der Waals surface area contributed by atoms with Gasteiger partial charge in [-0.25, -0.2) is 0 Å². The van der Waals surface area contributed by atoms with E-state index in [0.717, 1.165) is 12.8 Å². The topological polar surface area (TPSA) is 55.1 Å². The highest BCUT2D eigenvalue weighted by Gasteiger charge is 2.12. The molecule has 0 aliphatic rings. The van der Waals surface area contributed by atoms with Gasteiger partial charge in [-0.1, -0.05) is 49.7 Å². The van der Waals surface area contributed by atoms with E-state index in [-0.39, 0.29) is 11.9 Å². The first kappa shape index (κ1) is 13.6. The van der Waals surface area contributed by atoms with Gasteiger partial charge in [-0.2, -0.15) is 0 Å². The van der Waals surface area contributed by atoms with E-state index in [0.29, 0.717) is 6.54 Å². The fraction of sp³-hybridized carbons (Fsp3) is 0.312. The first-order valence-electron chi connectivity index (χ1n) is 6.71. The Kier molecular flexibility index (Phi) is 4.53. The Labute approximate surface area is 113 Å². The molecule has 2 aromatic rings. The van der Waals surface area contributed by atoms with E-state index in [4.69, 9.17) is 5.73 Å². The van der Waals surface area contributed by atoms with Gasteiger partial charge in [-0.3, -0.25) is 4.79 Å². The normalized spacial score (nSPS) is 12.5. The molecule has 2 aromatic carbocycles. The van der Waals surface area contributed by atoms with Crippen LogP contribution < -0.4 is 11.1 Å². The van der Waals surface area contributed by atoms with Crippen LogP contribution in [0.5, 0.6) is 0 Å². The fourth-order valence-corrected chi connectivity index (χ4v) is 2.22. The van der Waals surface area contributed by atoms with Crippen LogP contribution in [0.4, 0.5) is 0 Å². The zero-order valence-corrected chi connectivity index (χ0v) is 11.2. The molecule has 0 saturated carbocycles. The monoisotopic (exact) mass is 256 g/mol. The number of nitrogens with two attached hydrogens (primary N) is 1. The highest BCUT2D eigenvalue weighted by atomic mass is 16.1. The van der Waals surface area contributed by atoms with Crippen LogP contribution in [0, 0.1) is 0 Å². The molecule has 0 aliphatic carbocycles. The maximum Gasteiger partial charge on any atom is 0.234 e. The van der Waals surface area contributed by atoms with E-state index >= 15 is 0 Å². The lowest BCUT2D eigenvalue weighted by Crippen LogP contribution is -2.40. The van der Waals surface area contributed by atoms with Crippen LogP contribution in [0.25, 0.3) is 10.8 Å². The van der Waals surface area contributed by atoms with Crippen molar-refractivity contribution in [2.75, 3.05) is 0 Å². The van der Waals surface area contributed by atoms with Crippen molar-refractivity contribution in [3.8, 4) is 0 Å². The molecule has 0 aromatic heterocycles. The molecule has 100 valence electrons. The molecule has 0 aliphatic heterocycles. The molecule has 19 heavy (non-hydrogen) atoms. The molecular weight excluding hydrogens is 236 g/mol. The average molecular weight is 256 g/mol. The van der Waals surface area contributed by atoms with Crippen LogP contribution in [0.1, 0.15) is 25.3 Å². The first-order valence-corrected chi connectivity index (χ1v) is 6.71. The summed E-state index contributed by atoms with van der Waals surface area (Å²) in [5, 5.41) is 5.67. The van der Waals surface area contributed by atoms with Crippen LogP contribution in [-0.2, 0) is 11.3 Å². The van der Waals surface area contributed by atoms with E-state index < -0.39 is 0 Å². The number of hydrogen-bond donors (Lipinski definition) is 2. The molecule has 3 heteroatoms. The number of hydrogen-bond acceptors (Lipinski definition) is 2. The van der Waals surface area contributed by atoms with Crippen molar-refractivity contribution in [2.45, 2.75) is 32.4 Å². The summed E-state index contributed by atoms with van der Waals surface area (Å²) in [5.74, 6) is -0.275. The molecule has 2 rings (SSSR count). The standard InChI is InChI=1S/C16H20N2O/c1-2-5-15(16(17)19)18-11-12-8-9-13-6-3-4-7-14(13)10-12/h3-4,6-10,15,18H,2,5,11H2,1H3,(H2,17,19). The lowest BCUT2D eigenvalue weighted by atomic mass is 10.1. The van der Waals surface area contributed by atoms with Crippen molar-refractivity contribution in [2.24, 2.45) is 5.73 Å². The minimum Gasteiger partial charge on any atom is -0.368 e. The van der Waals surface area contributed by atoms with E-state index in [1.54, 1.807) is 0 Å². The van der Waals surface area contributed by atoms with Gasteiger partial charge in [-0.15, -0.1) is 0 Å². The maximum absolute atomic E-state index is 11.3. The van der Waals surface area contributed by atoms with E-state index in [9.17, 15) is 4.79 Å². The van der Waals surface area contributed by atoms with Crippen molar-refractivity contribution in [1.82, 2.24) is 5.32 Å². The molecule has 0 spiro atoms. The van der Waals surface area contributed by atoms with Gasteiger partial charge in [-0.05, 0) is 28.8 Å². The van der Waals surface area contributed by atoms with Crippen molar-refractivity contribution in [1.29, 1.82) is 0 Å². The number of primary amides is 1. The first-order chi connectivity index (χ1) is 9.20. The third kappa shape index (κ3) is 3.55. The molecule has 0 bridgehead atoms. The smallest absolute Gasteiger partial charge is 0.234 e. The zero-order valence-electron chi connectivity index (χ0n) is 11.2. The molecule has 3 N–H and O–H groups in total. The summed E-state index contributed by atoms with van der Waals surface area (Å²) in [6.07, 6.45) is 1.72. The van der Waals surface area contributed by atoms with Crippen LogP contribution in [0.3, 0.4) is 0 Å². The molecule has 0 fully saturated rings. The minimum atomic E-state index is -0.275. The number of rotatable bonds is 6. The molecule has 3 nitrogen and oxygen atoms in total. The largest absolute Gasteiger partial charge is 0.368 e. The Morgan fingerprint density at radius 1 is 1.21 bits per heavy atom. The second kappa shape index (κ2) is 6.34. The second-order valence-electron chi connectivity index (χ2n) is 4.81. The van der Waals surface area contributed by atoms with Gasteiger partial charge in [0, 0.05) is 6.54 Å². The zero-order chi connectivity index (χ0) is 13.7. The Morgan fingerprint density at radius 3 is 2.63 bits per heavy atom. The highest BCUT2D eigenvalue weighted by molar-refractivity contribution is 5.83. The number of benzene rings is 2. The van der Waals surface area contributed by atoms with E-state index in [1.807, 2.05) is 19.1 Å². The lowest BCUT2D eigenvalue weighted by molar-refractivity contribution is -0.120. The fourth-order valence-electron chi connectivity index (χ4n) is 2.22. The summed E-state index contributed by atoms with van der Waals surface area (Å²) < 4.78 is 0. The summed E-state index contributed by atoms with van der Waals surface area (Å²) in [4.78, 5) is 11.3. The Morgan fingerprint density at radius 2 is 1.95 bits per heavy atom. The SMILES string of the molecule is CCCC(NCc1ccc2ccccc2c1)C(N)=O. The predicted octanol–water partition coefficient (Wildman–Crippen LogP) is 2.58. The molecule has 1 atom stereocenters. The summed E-state index contributed by atoms with van der Waals surface area (Å²) >= 11 is 0. The van der Waals surface area contributed by atoms with Crippen LogP contribution in [0.15, 0.2) is 42.5 Å². The van der Waals surface area contributed by atoms with Crippen molar-refractivity contribution in [3.63, 3.8) is 0 Å². The van der Waals surface area contributed by atoms with Crippen molar-refractivity contribution >= 4 is 16.7 Å². The van der Waals surface area contributed by atoms with Crippen molar-refractivity contribution in [3.05, 3.63) is 48.0 Å². The van der Waals surface area contributed by atoms with Crippen LogP contribution in [-0.4, -0.2) is 11.9 Å². The van der Waals surface area contributed by atoms with E-state index in [1.165, 1.54) is 16.3 Å². The maximum atomic E-state index is 11.3. The molecule has 0 radical (unpaired) electrons. The summed E-state index contributed by atoms with van der Waals surface area (Å²) in [6, 6.07) is 14.3. The van der Waals surface area contributed by atoms with Crippen LogP contribution in [0.2, 0.25) is 0 Å². The molecular formula is C16H20N2O. The van der Waals surface area contributed by atoms with Gasteiger partial charge >= 0.3 is 0 Å². The van der Waals surface area contributed by atoms with Crippen LogP contribution >= 0.6 is 0 Å². The lowest BCUT2D eigenvalue weighted by Gasteiger charge is -2.14. The predicted molar refractivity (Wildman–Crippen MR) is 78.7 cm³/mol. The molecule has 0 heterocycles. The Bertz CT molecular complexity index is 565. The summed E-state index contributed by atoms with van der Waals surface area (Å²) in [6.45, 7) is 2.71. The molecule has 1 unspecified atom stereocenters. The van der Waals surface area contributed by atoms with Gasteiger partial charge in [0.2, 0.25) is 5.91 Å². The number of amides is 1. The number of carbonyl (C=O) groups is 1. The van der Waals surface area contributed by atoms with Crippen molar-refractivity contribution < 1.29 is 4.79 Å².